The molecule has 3 rings (SSSR count). The van der Waals surface area contributed by atoms with Gasteiger partial charge in [0.2, 0.25) is 0 Å². The Bertz CT molecular complexity index is 600. The Labute approximate surface area is 120 Å². The van der Waals surface area contributed by atoms with Crippen LogP contribution in [0.15, 0.2) is 42.5 Å². The van der Waals surface area contributed by atoms with Crippen molar-refractivity contribution in [1.29, 1.82) is 0 Å². The standard InChI is InChI=1S/C18H19Cl/c1-12-7-9-16(17-6-4-3-5-15(12)17)14-8-10-18(19)13(2)11-14/h3-6,8,10-12,16H,7,9H2,1-2H3/t12-,16-/m1/s1. The first-order valence-corrected chi connectivity index (χ1v) is 7.39. The van der Waals surface area contributed by atoms with Crippen LogP contribution in [0.25, 0.3) is 0 Å². The smallest absolute Gasteiger partial charge is 0.0435 e. The number of hydrogen-bond acceptors (Lipinski definition) is 0. The lowest BCUT2D eigenvalue weighted by atomic mass is 9.74. The molecule has 0 nitrogen and oxygen atoms in total. The minimum atomic E-state index is 0.531. The summed E-state index contributed by atoms with van der Waals surface area (Å²) < 4.78 is 0. The number of rotatable bonds is 1. The van der Waals surface area contributed by atoms with Crippen molar-refractivity contribution in [2.45, 2.75) is 38.5 Å². The van der Waals surface area contributed by atoms with Crippen molar-refractivity contribution in [3.8, 4) is 0 Å². The second kappa shape index (κ2) is 5.02. The van der Waals surface area contributed by atoms with Crippen LogP contribution in [0.5, 0.6) is 0 Å². The normalized spacial score (nSPS) is 22.1. The minimum absolute atomic E-state index is 0.531. The molecule has 0 amide bonds. The first-order chi connectivity index (χ1) is 9.16. The van der Waals surface area contributed by atoms with Gasteiger partial charge in [-0.25, -0.2) is 0 Å². The fourth-order valence-corrected chi connectivity index (χ4v) is 3.35. The van der Waals surface area contributed by atoms with Crippen molar-refractivity contribution in [2.24, 2.45) is 0 Å². The van der Waals surface area contributed by atoms with Gasteiger partial charge in [0.05, 0.1) is 0 Å². The van der Waals surface area contributed by atoms with Crippen molar-refractivity contribution in [3.05, 3.63) is 69.7 Å². The van der Waals surface area contributed by atoms with E-state index in [4.69, 9.17) is 11.6 Å². The molecule has 0 N–H and O–H groups in total. The van der Waals surface area contributed by atoms with Gasteiger partial charge in [-0.15, -0.1) is 0 Å². The van der Waals surface area contributed by atoms with E-state index < -0.39 is 0 Å². The largest absolute Gasteiger partial charge is 0.0841 e. The molecule has 0 heterocycles. The number of aryl methyl sites for hydroxylation is 1. The van der Waals surface area contributed by atoms with Crippen LogP contribution >= 0.6 is 11.6 Å². The van der Waals surface area contributed by atoms with E-state index in [1.165, 1.54) is 35.1 Å². The Morgan fingerprint density at radius 1 is 1.00 bits per heavy atom. The van der Waals surface area contributed by atoms with Crippen LogP contribution < -0.4 is 0 Å². The van der Waals surface area contributed by atoms with Gasteiger partial charge in [0, 0.05) is 10.9 Å². The molecule has 2 atom stereocenters. The van der Waals surface area contributed by atoms with E-state index in [2.05, 4.69) is 50.2 Å². The maximum absolute atomic E-state index is 6.14. The van der Waals surface area contributed by atoms with Crippen LogP contribution in [-0.4, -0.2) is 0 Å². The zero-order chi connectivity index (χ0) is 13.4. The molecule has 0 saturated carbocycles. The van der Waals surface area contributed by atoms with Crippen molar-refractivity contribution in [2.75, 3.05) is 0 Å². The first kappa shape index (κ1) is 12.7. The van der Waals surface area contributed by atoms with Crippen LogP contribution in [0.4, 0.5) is 0 Å². The Morgan fingerprint density at radius 2 is 1.74 bits per heavy atom. The summed E-state index contributed by atoms with van der Waals surface area (Å²) in [5.74, 6) is 1.21. The minimum Gasteiger partial charge on any atom is -0.0841 e. The molecular formula is C18H19Cl. The van der Waals surface area contributed by atoms with Crippen LogP contribution in [0.1, 0.15) is 53.9 Å². The summed E-state index contributed by atoms with van der Waals surface area (Å²) in [6, 6.07) is 15.4. The van der Waals surface area contributed by atoms with Crippen molar-refractivity contribution >= 4 is 11.6 Å². The summed E-state index contributed by atoms with van der Waals surface area (Å²) in [5.41, 5.74) is 5.60. The molecule has 1 aliphatic rings. The van der Waals surface area contributed by atoms with Crippen LogP contribution in [-0.2, 0) is 0 Å². The summed E-state index contributed by atoms with van der Waals surface area (Å²) in [4.78, 5) is 0. The summed E-state index contributed by atoms with van der Waals surface area (Å²) in [5, 5.41) is 0.862. The average molecular weight is 271 g/mol. The predicted molar refractivity (Wildman–Crippen MR) is 82.1 cm³/mol. The van der Waals surface area contributed by atoms with Gasteiger partial charge in [0.1, 0.15) is 0 Å². The highest BCUT2D eigenvalue weighted by atomic mass is 35.5. The molecule has 0 radical (unpaired) electrons. The molecule has 0 aromatic heterocycles. The molecule has 0 fully saturated rings. The van der Waals surface area contributed by atoms with E-state index in [0.717, 1.165) is 5.02 Å². The third kappa shape index (κ3) is 2.30. The number of fused-ring (bicyclic) bond motifs is 1. The zero-order valence-electron chi connectivity index (χ0n) is 11.5. The molecule has 1 heteroatoms. The molecule has 98 valence electrons. The lowest BCUT2D eigenvalue weighted by Gasteiger charge is -2.30. The third-order valence-corrected chi connectivity index (χ3v) is 4.80. The van der Waals surface area contributed by atoms with Gasteiger partial charge in [0.25, 0.3) is 0 Å². The maximum atomic E-state index is 6.14. The molecule has 0 unspecified atom stereocenters. The molecule has 0 saturated heterocycles. The molecule has 1 aliphatic carbocycles. The molecule has 2 aromatic rings. The topological polar surface area (TPSA) is 0 Å². The van der Waals surface area contributed by atoms with Gasteiger partial charge in [-0.1, -0.05) is 54.9 Å². The van der Waals surface area contributed by atoms with Gasteiger partial charge in [0.15, 0.2) is 0 Å². The lowest BCUT2D eigenvalue weighted by Crippen LogP contribution is -2.13. The van der Waals surface area contributed by atoms with Gasteiger partial charge >= 0.3 is 0 Å². The molecule has 0 aliphatic heterocycles. The van der Waals surface area contributed by atoms with Crippen LogP contribution in [0.2, 0.25) is 5.02 Å². The van der Waals surface area contributed by atoms with E-state index in [-0.39, 0.29) is 0 Å². The predicted octanol–water partition coefficient (Wildman–Crippen LogP) is 5.68. The van der Waals surface area contributed by atoms with E-state index in [1.54, 1.807) is 0 Å². The Balaban J connectivity index is 2.07. The average Bonchev–Trinajstić information content (AvgIpc) is 2.43. The highest BCUT2D eigenvalue weighted by molar-refractivity contribution is 6.31. The SMILES string of the molecule is Cc1cc([C@H]2CC[C@@H](C)c3ccccc32)ccc1Cl. The van der Waals surface area contributed by atoms with Crippen molar-refractivity contribution < 1.29 is 0 Å². The first-order valence-electron chi connectivity index (χ1n) is 7.01. The third-order valence-electron chi connectivity index (χ3n) is 4.38. The lowest BCUT2D eigenvalue weighted by molar-refractivity contribution is 0.545. The number of halogens is 1. The Hall–Kier alpha value is -1.27. The Kier molecular flexibility index (Phi) is 3.36. The molecular weight excluding hydrogens is 252 g/mol. The summed E-state index contributed by atoms with van der Waals surface area (Å²) in [6.07, 6.45) is 2.50. The monoisotopic (exact) mass is 270 g/mol. The summed E-state index contributed by atoms with van der Waals surface area (Å²) in [6.45, 7) is 4.42. The van der Waals surface area contributed by atoms with Gasteiger partial charge in [-0.3, -0.25) is 0 Å². The Morgan fingerprint density at radius 3 is 2.47 bits per heavy atom. The van der Waals surface area contributed by atoms with Crippen LogP contribution in [0.3, 0.4) is 0 Å². The quantitative estimate of drug-likeness (QED) is 0.626. The van der Waals surface area contributed by atoms with Gasteiger partial charge in [-0.2, -0.15) is 0 Å². The van der Waals surface area contributed by atoms with Gasteiger partial charge in [-0.05, 0) is 54.0 Å². The van der Waals surface area contributed by atoms with E-state index >= 15 is 0 Å². The molecule has 19 heavy (non-hydrogen) atoms. The van der Waals surface area contributed by atoms with E-state index in [0.29, 0.717) is 11.8 Å². The molecule has 0 spiro atoms. The second-order valence-electron chi connectivity index (χ2n) is 5.67. The maximum Gasteiger partial charge on any atom is 0.0435 e. The summed E-state index contributed by atoms with van der Waals surface area (Å²) in [7, 11) is 0. The van der Waals surface area contributed by atoms with E-state index in [9.17, 15) is 0 Å². The zero-order valence-corrected chi connectivity index (χ0v) is 12.2. The number of hydrogen-bond donors (Lipinski definition) is 0. The van der Waals surface area contributed by atoms with Crippen molar-refractivity contribution in [3.63, 3.8) is 0 Å². The van der Waals surface area contributed by atoms with Crippen molar-refractivity contribution in [1.82, 2.24) is 0 Å². The number of benzene rings is 2. The van der Waals surface area contributed by atoms with E-state index in [1.807, 2.05) is 6.07 Å². The fourth-order valence-electron chi connectivity index (χ4n) is 3.24. The summed E-state index contributed by atoms with van der Waals surface area (Å²) >= 11 is 6.14. The highest BCUT2D eigenvalue weighted by Gasteiger charge is 2.25. The second-order valence-corrected chi connectivity index (χ2v) is 6.08. The molecule has 2 aromatic carbocycles. The molecule has 0 bridgehead atoms. The fraction of sp³-hybridized carbons (Fsp3) is 0.333. The van der Waals surface area contributed by atoms with Crippen LogP contribution in [0, 0.1) is 6.92 Å². The highest BCUT2D eigenvalue weighted by Crippen LogP contribution is 2.42. The van der Waals surface area contributed by atoms with Gasteiger partial charge < -0.3 is 0 Å².